The number of hydrogen-bond acceptors (Lipinski definition) is 3. The normalized spacial score (nSPS) is 19.1. The van der Waals surface area contributed by atoms with Gasteiger partial charge in [-0.1, -0.05) is 6.92 Å². The summed E-state index contributed by atoms with van der Waals surface area (Å²) in [5.41, 5.74) is 0. The van der Waals surface area contributed by atoms with Crippen LogP contribution in [0.5, 0.6) is 0 Å². The van der Waals surface area contributed by atoms with Gasteiger partial charge in [0.15, 0.2) is 0 Å². The molecular formula is C9H15F2NO2. The number of ether oxygens (including phenoxy) is 1. The zero-order valence-electron chi connectivity index (χ0n) is 8.43. The Hall–Kier alpha value is -0.710. The lowest BCUT2D eigenvalue weighted by atomic mass is 10.0. The molecule has 0 aromatic rings. The van der Waals surface area contributed by atoms with Crippen molar-refractivity contribution in [1.82, 2.24) is 4.90 Å². The first-order chi connectivity index (χ1) is 6.45. The van der Waals surface area contributed by atoms with Crippen LogP contribution in [-0.4, -0.2) is 43.0 Å². The fraction of sp³-hybridized carbons (Fsp3) is 0.889. The first-order valence-corrected chi connectivity index (χ1v) is 4.73. The molecule has 0 aromatic heterocycles. The van der Waals surface area contributed by atoms with Gasteiger partial charge in [0, 0.05) is 13.1 Å². The highest BCUT2D eigenvalue weighted by Crippen LogP contribution is 2.22. The maximum Gasteiger partial charge on any atom is 0.378 e. The molecule has 0 amide bonds. The Labute approximate surface area is 82.0 Å². The summed E-state index contributed by atoms with van der Waals surface area (Å²) in [7, 11) is 0. The Bertz CT molecular complexity index is 215. The van der Waals surface area contributed by atoms with Gasteiger partial charge in [-0.15, -0.1) is 0 Å². The second-order valence-corrected chi connectivity index (χ2v) is 3.72. The molecule has 1 fully saturated rings. The Morgan fingerprint density at radius 3 is 2.57 bits per heavy atom. The molecule has 0 spiro atoms. The van der Waals surface area contributed by atoms with E-state index in [1.807, 2.05) is 6.92 Å². The molecule has 82 valence electrons. The molecule has 0 atom stereocenters. The Balaban J connectivity index is 2.37. The number of carbonyl (C=O) groups is 1. The summed E-state index contributed by atoms with van der Waals surface area (Å²) < 4.78 is 30.5. The predicted molar refractivity (Wildman–Crippen MR) is 47.2 cm³/mol. The van der Waals surface area contributed by atoms with Crippen LogP contribution in [0, 0.1) is 5.92 Å². The summed E-state index contributed by atoms with van der Waals surface area (Å²) in [5.74, 6) is -4.33. The van der Waals surface area contributed by atoms with Crippen LogP contribution in [0.15, 0.2) is 0 Å². The fourth-order valence-corrected chi connectivity index (χ4v) is 1.54. The third kappa shape index (κ3) is 2.64. The molecule has 14 heavy (non-hydrogen) atoms. The van der Waals surface area contributed by atoms with Gasteiger partial charge < -0.3 is 4.74 Å². The molecule has 0 N–H and O–H groups in total. The molecule has 1 rings (SSSR count). The molecule has 0 bridgehead atoms. The second kappa shape index (κ2) is 4.21. The van der Waals surface area contributed by atoms with Crippen molar-refractivity contribution in [3.05, 3.63) is 0 Å². The van der Waals surface area contributed by atoms with E-state index in [1.165, 1.54) is 6.92 Å². The molecule has 0 aromatic carbocycles. The monoisotopic (exact) mass is 207 g/mol. The Morgan fingerprint density at radius 1 is 1.57 bits per heavy atom. The smallest absolute Gasteiger partial charge is 0.378 e. The topological polar surface area (TPSA) is 29.5 Å². The van der Waals surface area contributed by atoms with Gasteiger partial charge >= 0.3 is 11.9 Å². The average molecular weight is 207 g/mol. The van der Waals surface area contributed by atoms with Gasteiger partial charge in [0.05, 0.1) is 13.2 Å². The van der Waals surface area contributed by atoms with Gasteiger partial charge in [0.1, 0.15) is 0 Å². The number of rotatable bonds is 4. The molecule has 1 saturated heterocycles. The van der Waals surface area contributed by atoms with Crippen molar-refractivity contribution >= 4 is 5.97 Å². The first kappa shape index (κ1) is 11.4. The number of carbonyl (C=O) groups excluding carboxylic acids is 1. The van der Waals surface area contributed by atoms with Crippen molar-refractivity contribution < 1.29 is 18.3 Å². The number of hydrogen-bond donors (Lipinski definition) is 0. The minimum Gasteiger partial charge on any atom is -0.462 e. The summed E-state index contributed by atoms with van der Waals surface area (Å²) in [5, 5.41) is 0. The highest BCUT2D eigenvalue weighted by molar-refractivity contribution is 5.77. The molecule has 0 saturated carbocycles. The number of nitrogens with zero attached hydrogens (tertiary/aromatic N) is 1. The lowest BCUT2D eigenvalue weighted by Crippen LogP contribution is -2.52. The lowest BCUT2D eigenvalue weighted by molar-refractivity contribution is -0.176. The molecular weight excluding hydrogens is 192 g/mol. The highest BCUT2D eigenvalue weighted by Gasteiger charge is 2.44. The molecule has 5 heteroatoms. The molecule has 0 radical (unpaired) electrons. The zero-order chi connectivity index (χ0) is 10.8. The first-order valence-electron chi connectivity index (χ1n) is 4.73. The van der Waals surface area contributed by atoms with E-state index in [1.54, 1.807) is 4.90 Å². The van der Waals surface area contributed by atoms with Crippen LogP contribution in [0.25, 0.3) is 0 Å². The largest absolute Gasteiger partial charge is 0.462 e. The van der Waals surface area contributed by atoms with E-state index in [2.05, 4.69) is 4.74 Å². The van der Waals surface area contributed by atoms with Gasteiger partial charge in [0.2, 0.25) is 0 Å². The average Bonchev–Trinajstić information content (AvgIpc) is 2.01. The Kier molecular flexibility index (Phi) is 3.42. The third-order valence-corrected chi connectivity index (χ3v) is 2.14. The fourth-order valence-electron chi connectivity index (χ4n) is 1.54. The quantitative estimate of drug-likeness (QED) is 0.647. The summed E-state index contributed by atoms with van der Waals surface area (Å²) in [6.07, 6.45) is 0. The number of alkyl halides is 2. The van der Waals surface area contributed by atoms with E-state index in [4.69, 9.17) is 0 Å². The second-order valence-electron chi connectivity index (χ2n) is 3.72. The van der Waals surface area contributed by atoms with E-state index < -0.39 is 18.4 Å². The lowest BCUT2D eigenvalue weighted by Gasteiger charge is -2.38. The standard InChI is InChI=1S/C9H15F2NO2/c1-3-14-8(13)9(10,11)6-12-4-7(2)5-12/h7H,3-6H2,1-2H3. The van der Waals surface area contributed by atoms with Crippen LogP contribution in [0.4, 0.5) is 8.78 Å². The van der Waals surface area contributed by atoms with E-state index in [-0.39, 0.29) is 6.61 Å². The molecule has 1 heterocycles. The minimum absolute atomic E-state index is 0.00910. The predicted octanol–water partition coefficient (Wildman–Crippen LogP) is 1.14. The van der Waals surface area contributed by atoms with Gasteiger partial charge in [-0.25, -0.2) is 4.79 Å². The highest BCUT2D eigenvalue weighted by atomic mass is 19.3. The van der Waals surface area contributed by atoms with E-state index in [0.717, 1.165) is 0 Å². The molecule has 0 unspecified atom stereocenters. The molecule has 3 nitrogen and oxygen atoms in total. The van der Waals surface area contributed by atoms with Crippen LogP contribution < -0.4 is 0 Å². The summed E-state index contributed by atoms with van der Waals surface area (Å²) in [6.45, 7) is 4.24. The zero-order valence-corrected chi connectivity index (χ0v) is 8.43. The van der Waals surface area contributed by atoms with Crippen molar-refractivity contribution in [2.45, 2.75) is 19.8 Å². The number of likely N-dealkylation sites (tertiary alicyclic amines) is 1. The van der Waals surface area contributed by atoms with Crippen LogP contribution in [0.3, 0.4) is 0 Å². The van der Waals surface area contributed by atoms with Crippen LogP contribution in [-0.2, 0) is 9.53 Å². The van der Waals surface area contributed by atoms with Crippen LogP contribution >= 0.6 is 0 Å². The van der Waals surface area contributed by atoms with Gasteiger partial charge in [0.25, 0.3) is 0 Å². The van der Waals surface area contributed by atoms with E-state index in [0.29, 0.717) is 19.0 Å². The van der Waals surface area contributed by atoms with Crippen molar-refractivity contribution in [2.24, 2.45) is 5.92 Å². The van der Waals surface area contributed by atoms with Gasteiger partial charge in [-0.2, -0.15) is 8.78 Å². The maximum atomic E-state index is 13.1. The molecule has 1 aliphatic rings. The van der Waals surface area contributed by atoms with Gasteiger partial charge in [-0.05, 0) is 12.8 Å². The van der Waals surface area contributed by atoms with Crippen molar-refractivity contribution in [3.8, 4) is 0 Å². The van der Waals surface area contributed by atoms with Crippen molar-refractivity contribution in [2.75, 3.05) is 26.2 Å². The van der Waals surface area contributed by atoms with Crippen molar-refractivity contribution in [1.29, 1.82) is 0 Å². The van der Waals surface area contributed by atoms with Crippen LogP contribution in [0.1, 0.15) is 13.8 Å². The summed E-state index contributed by atoms with van der Waals surface area (Å²) in [6, 6.07) is 0. The van der Waals surface area contributed by atoms with Crippen molar-refractivity contribution in [3.63, 3.8) is 0 Å². The Morgan fingerprint density at radius 2 is 2.14 bits per heavy atom. The SMILES string of the molecule is CCOC(=O)C(F)(F)CN1CC(C)C1. The number of halogens is 2. The number of esters is 1. The molecule has 0 aliphatic carbocycles. The maximum absolute atomic E-state index is 13.1. The summed E-state index contributed by atoms with van der Waals surface area (Å²) in [4.78, 5) is 12.4. The van der Waals surface area contributed by atoms with E-state index >= 15 is 0 Å². The minimum atomic E-state index is -3.36. The van der Waals surface area contributed by atoms with Crippen LogP contribution in [0.2, 0.25) is 0 Å². The summed E-state index contributed by atoms with van der Waals surface area (Å²) >= 11 is 0. The molecule has 1 aliphatic heterocycles. The van der Waals surface area contributed by atoms with Gasteiger partial charge in [-0.3, -0.25) is 4.90 Å². The van der Waals surface area contributed by atoms with E-state index in [9.17, 15) is 13.6 Å². The third-order valence-electron chi connectivity index (χ3n) is 2.14.